The number of benzene rings is 2. The van der Waals surface area contributed by atoms with Crippen LogP contribution in [-0.2, 0) is 19.1 Å². The third-order valence-electron chi connectivity index (χ3n) is 4.73. The number of rotatable bonds is 4. The first-order valence-electron chi connectivity index (χ1n) is 9.17. The highest BCUT2D eigenvalue weighted by Gasteiger charge is 2.43. The van der Waals surface area contributed by atoms with Crippen molar-refractivity contribution in [3.63, 3.8) is 0 Å². The number of para-hydroxylation sites is 1. The molecule has 8 nitrogen and oxygen atoms in total. The molecule has 11 heteroatoms. The monoisotopic (exact) mass is 487 g/mol. The van der Waals surface area contributed by atoms with Gasteiger partial charge in [0.15, 0.2) is 4.32 Å². The Hall–Kier alpha value is -3.21. The van der Waals surface area contributed by atoms with Gasteiger partial charge in [-0.3, -0.25) is 29.5 Å². The highest BCUT2D eigenvalue weighted by atomic mass is 35.5. The summed E-state index contributed by atoms with van der Waals surface area (Å²) in [6.07, 6.45) is 0. The molecule has 0 radical (unpaired) electrons. The quantitative estimate of drug-likeness (QED) is 0.402. The van der Waals surface area contributed by atoms with E-state index in [1.807, 2.05) is 0 Å². The summed E-state index contributed by atoms with van der Waals surface area (Å²) in [4.78, 5) is 52.0. The van der Waals surface area contributed by atoms with E-state index in [1.165, 1.54) is 18.1 Å². The van der Waals surface area contributed by atoms with Crippen molar-refractivity contribution >= 4 is 74.9 Å². The van der Waals surface area contributed by atoms with Crippen LogP contribution in [0.2, 0.25) is 5.02 Å². The van der Waals surface area contributed by atoms with Crippen LogP contribution in [0.15, 0.2) is 53.4 Å². The van der Waals surface area contributed by atoms with E-state index in [9.17, 15) is 19.2 Å². The zero-order chi connectivity index (χ0) is 23.0. The first kappa shape index (κ1) is 22.0. The van der Waals surface area contributed by atoms with E-state index in [1.54, 1.807) is 42.5 Å². The number of halogens is 1. The lowest BCUT2D eigenvalue weighted by atomic mass is 10.1. The zero-order valence-corrected chi connectivity index (χ0v) is 18.8. The number of ether oxygens (including phenoxy) is 1. The zero-order valence-electron chi connectivity index (χ0n) is 16.5. The van der Waals surface area contributed by atoms with E-state index in [-0.39, 0.29) is 26.9 Å². The van der Waals surface area contributed by atoms with Crippen molar-refractivity contribution in [2.45, 2.75) is 0 Å². The van der Waals surface area contributed by atoms with Gasteiger partial charge < -0.3 is 4.74 Å². The number of hydrazine groups is 1. The van der Waals surface area contributed by atoms with E-state index in [0.29, 0.717) is 16.3 Å². The van der Waals surface area contributed by atoms with Crippen molar-refractivity contribution in [2.75, 3.05) is 18.6 Å². The summed E-state index contributed by atoms with van der Waals surface area (Å²) in [5, 5.41) is 1.29. The van der Waals surface area contributed by atoms with E-state index in [0.717, 1.165) is 16.8 Å². The summed E-state index contributed by atoms with van der Waals surface area (Å²) in [6, 6.07) is 13.0. The molecule has 4 rings (SSSR count). The highest BCUT2D eigenvalue weighted by molar-refractivity contribution is 8.26. The second-order valence-corrected chi connectivity index (χ2v) is 8.73. The third-order valence-corrected chi connectivity index (χ3v) is 6.34. The fourth-order valence-electron chi connectivity index (χ4n) is 3.26. The summed E-state index contributed by atoms with van der Waals surface area (Å²) in [6.45, 7) is -0.304. The maximum atomic E-state index is 13.2. The summed E-state index contributed by atoms with van der Waals surface area (Å²) < 4.78 is 4.74. The molecular formula is C21H14ClN3O5S2. The molecule has 2 heterocycles. The Morgan fingerprint density at radius 1 is 1.12 bits per heavy atom. The van der Waals surface area contributed by atoms with Gasteiger partial charge in [-0.1, -0.05) is 47.6 Å². The molecule has 0 aliphatic carbocycles. The molecule has 162 valence electrons. The van der Waals surface area contributed by atoms with Gasteiger partial charge in [0, 0.05) is 16.1 Å². The van der Waals surface area contributed by atoms with Crippen molar-refractivity contribution in [2.24, 2.45) is 0 Å². The fraction of sp³-hybridized carbons (Fsp3) is 0.0952. The SMILES string of the molecule is COC(=O)CN1C(=O)C(=C2SC(=S)N(NC(=O)c3cccc(Cl)c3)C2=O)c2ccccc21. The Bertz CT molecular complexity index is 1230. The fourth-order valence-corrected chi connectivity index (χ4v) is 4.70. The number of anilines is 1. The molecule has 2 aromatic rings. The molecule has 0 spiro atoms. The first-order valence-corrected chi connectivity index (χ1v) is 10.8. The minimum Gasteiger partial charge on any atom is -0.468 e. The topological polar surface area (TPSA) is 96.0 Å². The van der Waals surface area contributed by atoms with Crippen LogP contribution >= 0.6 is 35.6 Å². The summed E-state index contributed by atoms with van der Waals surface area (Å²) in [7, 11) is 1.23. The van der Waals surface area contributed by atoms with Crippen LogP contribution in [0.5, 0.6) is 0 Å². The Morgan fingerprint density at radius 3 is 2.59 bits per heavy atom. The van der Waals surface area contributed by atoms with E-state index >= 15 is 0 Å². The van der Waals surface area contributed by atoms with E-state index in [2.05, 4.69) is 10.2 Å². The van der Waals surface area contributed by atoms with Gasteiger partial charge in [0.1, 0.15) is 6.54 Å². The number of esters is 1. The van der Waals surface area contributed by atoms with Gasteiger partial charge in [-0.25, -0.2) is 0 Å². The molecule has 0 saturated carbocycles. The van der Waals surface area contributed by atoms with Crippen LogP contribution in [0.25, 0.3) is 5.57 Å². The van der Waals surface area contributed by atoms with Crippen molar-refractivity contribution in [1.29, 1.82) is 0 Å². The third kappa shape index (κ3) is 3.88. The largest absolute Gasteiger partial charge is 0.468 e. The van der Waals surface area contributed by atoms with Gasteiger partial charge in [0.05, 0.1) is 23.3 Å². The maximum Gasteiger partial charge on any atom is 0.325 e. The summed E-state index contributed by atoms with van der Waals surface area (Å²) >= 11 is 12.1. The number of carbonyl (C=O) groups is 4. The lowest BCUT2D eigenvalue weighted by molar-refractivity contribution is -0.139. The van der Waals surface area contributed by atoms with Crippen LogP contribution in [0.4, 0.5) is 5.69 Å². The van der Waals surface area contributed by atoms with Gasteiger partial charge >= 0.3 is 5.97 Å². The van der Waals surface area contributed by atoms with E-state index < -0.39 is 23.7 Å². The lowest BCUT2D eigenvalue weighted by Crippen LogP contribution is -2.45. The van der Waals surface area contributed by atoms with Crippen molar-refractivity contribution in [1.82, 2.24) is 10.4 Å². The summed E-state index contributed by atoms with van der Waals surface area (Å²) in [5.41, 5.74) is 3.78. The number of fused-ring (bicyclic) bond motifs is 1. The minimum absolute atomic E-state index is 0.0598. The molecule has 2 aliphatic rings. The average Bonchev–Trinajstić information content (AvgIpc) is 3.21. The first-order chi connectivity index (χ1) is 15.3. The number of hydrogen-bond acceptors (Lipinski definition) is 7. The van der Waals surface area contributed by atoms with Gasteiger partial charge in [-0.15, -0.1) is 0 Å². The second kappa shape index (κ2) is 8.73. The van der Waals surface area contributed by atoms with Gasteiger partial charge in [0.2, 0.25) is 0 Å². The average molecular weight is 488 g/mol. The molecule has 0 bridgehead atoms. The molecule has 1 N–H and O–H groups in total. The number of methoxy groups -OCH3 is 1. The van der Waals surface area contributed by atoms with Crippen LogP contribution in [0.1, 0.15) is 15.9 Å². The number of carbonyl (C=O) groups excluding carboxylic acids is 4. The predicted octanol–water partition coefficient (Wildman–Crippen LogP) is 2.78. The van der Waals surface area contributed by atoms with Crippen LogP contribution in [-0.4, -0.2) is 46.7 Å². The maximum absolute atomic E-state index is 13.2. The van der Waals surface area contributed by atoms with Crippen LogP contribution in [0, 0.1) is 0 Å². The molecule has 0 atom stereocenters. The van der Waals surface area contributed by atoms with Gasteiger partial charge in [-0.05, 0) is 36.5 Å². The van der Waals surface area contributed by atoms with Crippen molar-refractivity contribution in [3.05, 3.63) is 69.6 Å². The Kier molecular flexibility index (Phi) is 6.00. The molecule has 32 heavy (non-hydrogen) atoms. The molecule has 2 aromatic carbocycles. The minimum atomic E-state index is -0.645. The molecule has 2 aliphatic heterocycles. The number of thiocarbonyl (C=S) groups is 1. The number of nitrogens with zero attached hydrogens (tertiary/aromatic N) is 2. The lowest BCUT2D eigenvalue weighted by Gasteiger charge is -2.16. The predicted molar refractivity (Wildman–Crippen MR) is 124 cm³/mol. The molecule has 0 unspecified atom stereocenters. The Balaban J connectivity index is 1.67. The van der Waals surface area contributed by atoms with Crippen molar-refractivity contribution in [3.8, 4) is 0 Å². The standard InChI is InChI=1S/C21H14ClN3O5S2/c1-30-15(26)10-24-14-8-3-2-7-13(14)16(19(24)28)17-20(29)25(21(31)32-17)23-18(27)11-5-4-6-12(22)9-11/h2-9H,10H2,1H3,(H,23,27). The number of hydrogen-bond donors (Lipinski definition) is 1. The number of amides is 3. The van der Waals surface area contributed by atoms with Crippen molar-refractivity contribution < 1.29 is 23.9 Å². The molecular weight excluding hydrogens is 474 g/mol. The van der Waals surface area contributed by atoms with Gasteiger partial charge in [0.25, 0.3) is 17.7 Å². The normalized spacial score (nSPS) is 17.6. The summed E-state index contributed by atoms with van der Waals surface area (Å²) in [5.74, 6) is -2.36. The van der Waals surface area contributed by atoms with Crippen LogP contribution < -0.4 is 10.3 Å². The van der Waals surface area contributed by atoms with E-state index in [4.69, 9.17) is 23.8 Å². The smallest absolute Gasteiger partial charge is 0.325 e. The Morgan fingerprint density at radius 2 is 1.88 bits per heavy atom. The second-order valence-electron chi connectivity index (χ2n) is 6.65. The molecule has 1 fully saturated rings. The van der Waals surface area contributed by atoms with Crippen LogP contribution in [0.3, 0.4) is 0 Å². The van der Waals surface area contributed by atoms with Gasteiger partial charge in [-0.2, -0.15) is 5.01 Å². The molecule has 1 saturated heterocycles. The highest BCUT2D eigenvalue weighted by Crippen LogP contribution is 2.44. The Labute approximate surface area is 197 Å². The molecule has 3 amide bonds. The molecule has 0 aromatic heterocycles. The number of nitrogens with one attached hydrogen (secondary N) is 1. The number of thioether (sulfide) groups is 1.